The molecule has 0 spiro atoms. The standard InChI is InChI=1S/C13H8ClFO2/c14-11-8-9(3-5-12(11)15)13-6-4-10(17-13)2-1-7-16/h1-8H/b2-1+. The minimum absolute atomic E-state index is 0.0453. The number of hydrogen-bond donors (Lipinski definition) is 0. The highest BCUT2D eigenvalue weighted by Crippen LogP contribution is 2.26. The van der Waals surface area contributed by atoms with Gasteiger partial charge in [0.1, 0.15) is 23.6 Å². The average Bonchev–Trinajstić information content (AvgIpc) is 2.79. The molecule has 2 aromatic rings. The quantitative estimate of drug-likeness (QED) is 0.610. The second-order valence-corrected chi connectivity index (χ2v) is 3.73. The highest BCUT2D eigenvalue weighted by molar-refractivity contribution is 6.31. The maximum atomic E-state index is 13.0. The van der Waals surface area contributed by atoms with Gasteiger partial charge in [0.05, 0.1) is 5.02 Å². The Morgan fingerprint density at radius 1 is 1.24 bits per heavy atom. The molecule has 86 valence electrons. The van der Waals surface area contributed by atoms with Gasteiger partial charge in [-0.2, -0.15) is 0 Å². The van der Waals surface area contributed by atoms with Gasteiger partial charge in [-0.1, -0.05) is 11.6 Å². The molecule has 1 aromatic heterocycles. The van der Waals surface area contributed by atoms with Crippen molar-refractivity contribution in [3.63, 3.8) is 0 Å². The number of carbonyl (C=O) groups excluding carboxylic acids is 1. The van der Waals surface area contributed by atoms with Crippen molar-refractivity contribution in [2.24, 2.45) is 0 Å². The lowest BCUT2D eigenvalue weighted by atomic mass is 10.2. The van der Waals surface area contributed by atoms with Crippen LogP contribution in [-0.4, -0.2) is 6.29 Å². The third kappa shape index (κ3) is 2.63. The molecule has 0 aliphatic carbocycles. The van der Waals surface area contributed by atoms with Crippen LogP contribution in [0.2, 0.25) is 5.02 Å². The molecule has 0 radical (unpaired) electrons. The summed E-state index contributed by atoms with van der Waals surface area (Å²) in [6, 6.07) is 7.79. The van der Waals surface area contributed by atoms with Crippen molar-refractivity contribution >= 4 is 24.0 Å². The fraction of sp³-hybridized carbons (Fsp3) is 0. The summed E-state index contributed by atoms with van der Waals surface area (Å²) in [5.74, 6) is 0.646. The number of furan rings is 1. The Hall–Kier alpha value is -1.87. The summed E-state index contributed by atoms with van der Waals surface area (Å²) in [6.07, 6.45) is 3.54. The maximum absolute atomic E-state index is 13.0. The molecule has 0 saturated heterocycles. The monoisotopic (exact) mass is 250 g/mol. The largest absolute Gasteiger partial charge is 0.457 e. The minimum atomic E-state index is -0.469. The Kier molecular flexibility index (Phi) is 3.40. The average molecular weight is 251 g/mol. The van der Waals surface area contributed by atoms with Crippen LogP contribution in [0, 0.1) is 5.82 Å². The SMILES string of the molecule is O=C/C=C/c1ccc(-c2ccc(F)c(Cl)c2)o1. The van der Waals surface area contributed by atoms with E-state index in [1.54, 1.807) is 24.3 Å². The summed E-state index contributed by atoms with van der Waals surface area (Å²) in [5.41, 5.74) is 0.683. The van der Waals surface area contributed by atoms with Gasteiger partial charge in [0.15, 0.2) is 0 Å². The van der Waals surface area contributed by atoms with Gasteiger partial charge in [-0.05, 0) is 42.5 Å². The number of rotatable bonds is 3. The van der Waals surface area contributed by atoms with Gasteiger partial charge in [0.2, 0.25) is 0 Å². The van der Waals surface area contributed by atoms with Gasteiger partial charge in [-0.25, -0.2) is 4.39 Å². The van der Waals surface area contributed by atoms with Crippen molar-refractivity contribution in [3.8, 4) is 11.3 Å². The van der Waals surface area contributed by atoms with E-state index in [0.29, 0.717) is 23.4 Å². The molecule has 0 atom stereocenters. The van der Waals surface area contributed by atoms with Crippen molar-refractivity contribution in [2.75, 3.05) is 0 Å². The summed E-state index contributed by atoms with van der Waals surface area (Å²) >= 11 is 5.68. The zero-order valence-corrected chi connectivity index (χ0v) is 9.45. The van der Waals surface area contributed by atoms with Crippen molar-refractivity contribution in [1.82, 2.24) is 0 Å². The van der Waals surface area contributed by atoms with Crippen molar-refractivity contribution in [3.05, 3.63) is 53.0 Å². The Morgan fingerprint density at radius 2 is 2.06 bits per heavy atom. The predicted octanol–water partition coefficient (Wildman–Crippen LogP) is 3.95. The zero-order valence-electron chi connectivity index (χ0n) is 8.69. The number of aldehydes is 1. The van der Waals surface area contributed by atoms with E-state index in [1.807, 2.05) is 0 Å². The molecule has 0 aliphatic rings. The van der Waals surface area contributed by atoms with E-state index in [-0.39, 0.29) is 5.02 Å². The lowest BCUT2D eigenvalue weighted by molar-refractivity contribution is -0.104. The Labute approximate surface area is 102 Å². The van der Waals surface area contributed by atoms with Gasteiger partial charge < -0.3 is 4.42 Å². The first-order chi connectivity index (χ1) is 8.20. The van der Waals surface area contributed by atoms with Gasteiger partial charge in [0, 0.05) is 5.56 Å². The van der Waals surface area contributed by atoms with Crippen molar-refractivity contribution < 1.29 is 13.6 Å². The van der Waals surface area contributed by atoms with Crippen LogP contribution in [-0.2, 0) is 4.79 Å². The molecular formula is C13H8ClFO2. The Balaban J connectivity index is 2.33. The van der Waals surface area contributed by atoms with E-state index in [0.717, 1.165) is 0 Å². The first kappa shape index (κ1) is 11.6. The fourth-order valence-electron chi connectivity index (χ4n) is 1.38. The third-order valence-electron chi connectivity index (χ3n) is 2.17. The number of benzene rings is 1. The number of halogens is 2. The summed E-state index contributed by atoms with van der Waals surface area (Å²) in [7, 11) is 0. The predicted molar refractivity (Wildman–Crippen MR) is 64.2 cm³/mol. The molecular weight excluding hydrogens is 243 g/mol. The van der Waals surface area contributed by atoms with Gasteiger partial charge in [0.25, 0.3) is 0 Å². The van der Waals surface area contributed by atoms with E-state index in [9.17, 15) is 9.18 Å². The first-order valence-corrected chi connectivity index (χ1v) is 5.25. The van der Waals surface area contributed by atoms with Crippen molar-refractivity contribution in [2.45, 2.75) is 0 Å². The molecule has 0 fully saturated rings. The normalized spacial score (nSPS) is 10.9. The van der Waals surface area contributed by atoms with Gasteiger partial charge in [-0.15, -0.1) is 0 Å². The molecule has 0 N–H and O–H groups in total. The van der Waals surface area contributed by atoms with Crippen LogP contribution in [0.4, 0.5) is 4.39 Å². The van der Waals surface area contributed by atoms with Crippen LogP contribution >= 0.6 is 11.6 Å². The zero-order chi connectivity index (χ0) is 12.3. The highest BCUT2D eigenvalue weighted by atomic mass is 35.5. The van der Waals surface area contributed by atoms with E-state index >= 15 is 0 Å². The molecule has 0 aliphatic heterocycles. The second-order valence-electron chi connectivity index (χ2n) is 3.33. The highest BCUT2D eigenvalue weighted by Gasteiger charge is 2.06. The minimum Gasteiger partial charge on any atom is -0.457 e. The Bertz CT molecular complexity index is 573. The maximum Gasteiger partial charge on any atom is 0.142 e. The van der Waals surface area contributed by atoms with Crippen LogP contribution in [0.1, 0.15) is 5.76 Å². The summed E-state index contributed by atoms with van der Waals surface area (Å²) in [5, 5.41) is 0.0453. The van der Waals surface area contributed by atoms with Gasteiger partial charge >= 0.3 is 0 Å². The van der Waals surface area contributed by atoms with Crippen LogP contribution < -0.4 is 0 Å². The lowest BCUT2D eigenvalue weighted by Crippen LogP contribution is -1.78. The van der Waals surface area contributed by atoms with E-state index in [2.05, 4.69) is 0 Å². The van der Waals surface area contributed by atoms with Crippen LogP contribution in [0.15, 0.2) is 40.8 Å². The molecule has 1 aromatic carbocycles. The molecule has 0 saturated carbocycles. The third-order valence-corrected chi connectivity index (χ3v) is 2.46. The first-order valence-electron chi connectivity index (χ1n) is 4.88. The molecule has 0 amide bonds. The van der Waals surface area contributed by atoms with Crippen LogP contribution in [0.5, 0.6) is 0 Å². The molecule has 0 bridgehead atoms. The molecule has 4 heteroatoms. The molecule has 1 heterocycles. The second kappa shape index (κ2) is 4.97. The molecule has 2 rings (SSSR count). The van der Waals surface area contributed by atoms with Crippen LogP contribution in [0.25, 0.3) is 17.4 Å². The van der Waals surface area contributed by atoms with E-state index in [1.165, 1.54) is 18.2 Å². The number of allylic oxidation sites excluding steroid dienone is 1. The number of carbonyl (C=O) groups is 1. The lowest BCUT2D eigenvalue weighted by Gasteiger charge is -1.98. The fourth-order valence-corrected chi connectivity index (χ4v) is 1.56. The smallest absolute Gasteiger partial charge is 0.142 e. The van der Waals surface area contributed by atoms with Crippen molar-refractivity contribution in [1.29, 1.82) is 0 Å². The molecule has 0 unspecified atom stereocenters. The van der Waals surface area contributed by atoms with Gasteiger partial charge in [-0.3, -0.25) is 4.79 Å². The molecule has 2 nitrogen and oxygen atoms in total. The summed E-state index contributed by atoms with van der Waals surface area (Å²) in [4.78, 5) is 10.1. The number of hydrogen-bond acceptors (Lipinski definition) is 2. The van der Waals surface area contributed by atoms with E-state index < -0.39 is 5.82 Å². The summed E-state index contributed by atoms with van der Waals surface area (Å²) in [6.45, 7) is 0. The summed E-state index contributed by atoms with van der Waals surface area (Å²) < 4.78 is 18.4. The molecule has 17 heavy (non-hydrogen) atoms. The van der Waals surface area contributed by atoms with E-state index in [4.69, 9.17) is 16.0 Å². The topological polar surface area (TPSA) is 30.2 Å². The Morgan fingerprint density at radius 3 is 2.76 bits per heavy atom. The van der Waals surface area contributed by atoms with Crippen LogP contribution in [0.3, 0.4) is 0 Å².